The fourth-order valence-electron chi connectivity index (χ4n) is 5.28. The van der Waals surface area contributed by atoms with Gasteiger partial charge in [-0.15, -0.1) is 0 Å². The van der Waals surface area contributed by atoms with Crippen LogP contribution in [0.15, 0.2) is 103 Å². The maximum atomic E-state index is 11.1. The average Bonchev–Trinajstić information content (AvgIpc) is 2.94. The third-order valence-corrected chi connectivity index (χ3v) is 7.43. The first kappa shape index (κ1) is 24.3. The summed E-state index contributed by atoms with van der Waals surface area (Å²) in [5, 5.41) is 14.7. The van der Waals surface area contributed by atoms with E-state index in [4.69, 9.17) is 4.74 Å². The van der Waals surface area contributed by atoms with Gasteiger partial charge in [-0.05, 0) is 84.2 Å². The molecule has 0 aromatic heterocycles. The van der Waals surface area contributed by atoms with Crippen molar-refractivity contribution < 1.29 is 9.84 Å². The van der Waals surface area contributed by atoms with Crippen molar-refractivity contribution in [3.05, 3.63) is 125 Å². The second kappa shape index (κ2) is 11.6. The highest BCUT2D eigenvalue weighted by Gasteiger charge is 2.28. The molecule has 3 atom stereocenters. The highest BCUT2D eigenvalue weighted by Crippen LogP contribution is 2.38. The fraction of sp³-hybridized carbons (Fsp3) is 0.273. The number of aryl methyl sites for hydroxylation is 1. The summed E-state index contributed by atoms with van der Waals surface area (Å²) in [6.45, 7) is 3.61. The Kier molecular flexibility index (Phi) is 7.80. The molecule has 0 bridgehead atoms. The Labute approximate surface area is 214 Å². The largest absolute Gasteiger partial charge is 0.489 e. The predicted molar refractivity (Wildman–Crippen MR) is 147 cm³/mol. The summed E-state index contributed by atoms with van der Waals surface area (Å²) in [6, 6.07) is 35.8. The van der Waals surface area contributed by atoms with Crippen molar-refractivity contribution in [1.29, 1.82) is 0 Å². The van der Waals surface area contributed by atoms with Crippen molar-refractivity contribution in [3.8, 4) is 16.9 Å². The van der Waals surface area contributed by atoms with Crippen molar-refractivity contribution in [2.75, 3.05) is 6.54 Å². The Bertz CT molecular complexity index is 1260. The minimum absolute atomic E-state index is 0.275. The van der Waals surface area contributed by atoms with Gasteiger partial charge in [0.1, 0.15) is 12.4 Å². The zero-order valence-electron chi connectivity index (χ0n) is 20.9. The van der Waals surface area contributed by atoms with E-state index in [9.17, 15) is 5.11 Å². The van der Waals surface area contributed by atoms with Crippen molar-refractivity contribution in [3.63, 3.8) is 0 Å². The van der Waals surface area contributed by atoms with Crippen LogP contribution in [0.2, 0.25) is 0 Å². The van der Waals surface area contributed by atoms with Gasteiger partial charge in [-0.25, -0.2) is 0 Å². The number of aliphatic hydroxyl groups is 1. The number of aliphatic hydroxyl groups excluding tert-OH is 1. The van der Waals surface area contributed by atoms with Crippen molar-refractivity contribution in [2.24, 2.45) is 5.92 Å². The molecule has 5 rings (SSSR count). The van der Waals surface area contributed by atoms with E-state index in [1.807, 2.05) is 18.2 Å². The maximum Gasteiger partial charge on any atom is 0.120 e. The number of nitrogens with one attached hydrogen (secondary N) is 1. The first-order valence-electron chi connectivity index (χ1n) is 13.0. The Hall–Kier alpha value is -3.40. The van der Waals surface area contributed by atoms with E-state index in [-0.39, 0.29) is 5.92 Å². The van der Waals surface area contributed by atoms with E-state index < -0.39 is 6.10 Å². The lowest BCUT2D eigenvalue weighted by molar-refractivity contribution is 0.0879. The quantitative estimate of drug-likeness (QED) is 0.266. The monoisotopic (exact) mass is 477 g/mol. The van der Waals surface area contributed by atoms with Crippen LogP contribution in [0.5, 0.6) is 5.75 Å². The molecule has 3 heteroatoms. The summed E-state index contributed by atoms with van der Waals surface area (Å²) in [5.74, 6) is 1.14. The van der Waals surface area contributed by atoms with Gasteiger partial charge in [0.25, 0.3) is 0 Å². The molecular weight excluding hydrogens is 442 g/mol. The van der Waals surface area contributed by atoms with Crippen LogP contribution >= 0.6 is 0 Å². The summed E-state index contributed by atoms with van der Waals surface area (Å²) in [5.41, 5.74) is 7.12. The second-order valence-corrected chi connectivity index (χ2v) is 9.79. The Morgan fingerprint density at radius 2 is 1.61 bits per heavy atom. The number of rotatable bonds is 9. The standard InChI is InChI=1S/C33H35NO2/c1-24(25-10-4-2-5-11-25)34-21-20-27-16-17-28-22-30(18-19-32(28)33(27)35)36-23-29-14-8-9-15-31(29)26-12-6-3-7-13-26/h2-15,18-19,22,24,27,33-35H,16-17,20-21,23H2,1H3/t24-,27+,33+/m0/s1. The number of hydrogen-bond donors (Lipinski definition) is 2. The predicted octanol–water partition coefficient (Wildman–Crippen LogP) is 7.27. The molecule has 0 saturated carbocycles. The zero-order valence-corrected chi connectivity index (χ0v) is 20.9. The third-order valence-electron chi connectivity index (χ3n) is 7.43. The smallest absolute Gasteiger partial charge is 0.120 e. The van der Waals surface area contributed by atoms with Gasteiger partial charge in [0.05, 0.1) is 6.10 Å². The van der Waals surface area contributed by atoms with Gasteiger partial charge in [-0.2, -0.15) is 0 Å². The van der Waals surface area contributed by atoms with Gasteiger partial charge < -0.3 is 15.2 Å². The van der Waals surface area contributed by atoms with E-state index in [1.54, 1.807) is 0 Å². The molecule has 36 heavy (non-hydrogen) atoms. The molecule has 0 unspecified atom stereocenters. The molecule has 0 heterocycles. The summed E-state index contributed by atoms with van der Waals surface area (Å²) < 4.78 is 6.22. The van der Waals surface area contributed by atoms with E-state index >= 15 is 0 Å². The fourth-order valence-corrected chi connectivity index (χ4v) is 5.28. The summed E-state index contributed by atoms with van der Waals surface area (Å²) in [4.78, 5) is 0. The van der Waals surface area contributed by atoms with Crippen LogP contribution < -0.4 is 10.1 Å². The van der Waals surface area contributed by atoms with Crippen LogP contribution in [0.3, 0.4) is 0 Å². The van der Waals surface area contributed by atoms with E-state index in [1.165, 1.54) is 27.8 Å². The lowest BCUT2D eigenvalue weighted by Gasteiger charge is -2.31. The summed E-state index contributed by atoms with van der Waals surface area (Å²) >= 11 is 0. The van der Waals surface area contributed by atoms with E-state index in [2.05, 4.69) is 97.2 Å². The van der Waals surface area contributed by atoms with Gasteiger partial charge in [-0.3, -0.25) is 0 Å². The first-order valence-corrected chi connectivity index (χ1v) is 13.0. The van der Waals surface area contributed by atoms with Gasteiger partial charge in [0.2, 0.25) is 0 Å². The van der Waals surface area contributed by atoms with Crippen LogP contribution in [-0.4, -0.2) is 11.7 Å². The Balaban J connectivity index is 1.18. The number of hydrogen-bond acceptors (Lipinski definition) is 3. The van der Waals surface area contributed by atoms with Crippen molar-refractivity contribution in [1.82, 2.24) is 5.32 Å². The highest BCUT2D eigenvalue weighted by molar-refractivity contribution is 5.67. The molecule has 2 N–H and O–H groups in total. The molecule has 184 valence electrons. The molecule has 0 fully saturated rings. The minimum Gasteiger partial charge on any atom is -0.489 e. The van der Waals surface area contributed by atoms with Crippen LogP contribution in [0.1, 0.15) is 54.2 Å². The molecule has 0 aliphatic heterocycles. The molecule has 4 aromatic carbocycles. The first-order chi connectivity index (χ1) is 17.7. The molecule has 1 aliphatic rings. The molecule has 0 saturated heterocycles. The molecule has 4 aromatic rings. The number of ether oxygens (including phenoxy) is 1. The van der Waals surface area contributed by atoms with Gasteiger partial charge in [0, 0.05) is 6.04 Å². The van der Waals surface area contributed by atoms with E-state index in [0.717, 1.165) is 37.1 Å². The third kappa shape index (κ3) is 5.70. The molecular formula is C33H35NO2. The Morgan fingerprint density at radius 1 is 0.889 bits per heavy atom. The maximum absolute atomic E-state index is 11.1. The number of benzene rings is 4. The van der Waals surface area contributed by atoms with Crippen LogP contribution in [0.25, 0.3) is 11.1 Å². The molecule has 1 aliphatic carbocycles. The lowest BCUT2D eigenvalue weighted by atomic mass is 9.80. The molecule has 3 nitrogen and oxygen atoms in total. The lowest BCUT2D eigenvalue weighted by Crippen LogP contribution is -2.26. The van der Waals surface area contributed by atoms with Crippen molar-refractivity contribution >= 4 is 0 Å². The van der Waals surface area contributed by atoms with Gasteiger partial charge >= 0.3 is 0 Å². The molecule has 0 amide bonds. The highest BCUT2D eigenvalue weighted by atomic mass is 16.5. The molecule has 0 spiro atoms. The SMILES string of the molecule is C[C@H](NCC[C@H]1CCc2cc(OCc3ccccc3-c3ccccc3)ccc2[C@@H]1O)c1ccccc1. The zero-order chi connectivity index (χ0) is 24.7. The Morgan fingerprint density at radius 3 is 2.42 bits per heavy atom. The van der Waals surface area contributed by atoms with Crippen LogP contribution in [-0.2, 0) is 13.0 Å². The van der Waals surface area contributed by atoms with Crippen LogP contribution in [0.4, 0.5) is 0 Å². The topological polar surface area (TPSA) is 41.5 Å². The van der Waals surface area contributed by atoms with Crippen molar-refractivity contribution in [2.45, 2.75) is 44.9 Å². The second-order valence-electron chi connectivity index (χ2n) is 9.79. The number of fused-ring (bicyclic) bond motifs is 1. The van der Waals surface area contributed by atoms with Gasteiger partial charge in [-0.1, -0.05) is 91.0 Å². The summed E-state index contributed by atoms with van der Waals surface area (Å²) in [7, 11) is 0. The van der Waals surface area contributed by atoms with Gasteiger partial charge in [0.15, 0.2) is 0 Å². The normalized spacial score (nSPS) is 17.8. The average molecular weight is 478 g/mol. The van der Waals surface area contributed by atoms with E-state index in [0.29, 0.717) is 12.6 Å². The summed E-state index contributed by atoms with van der Waals surface area (Å²) in [6.07, 6.45) is 2.51. The van der Waals surface area contributed by atoms with Crippen LogP contribution in [0, 0.1) is 5.92 Å². The molecule has 0 radical (unpaired) electrons. The minimum atomic E-state index is -0.421.